The first-order valence-corrected chi connectivity index (χ1v) is 24.2. The van der Waals surface area contributed by atoms with Crippen LogP contribution in [0.25, 0.3) is 0 Å². The second kappa shape index (κ2) is 38.3. The maximum absolute atomic E-state index is 13.1. The second-order valence-corrected chi connectivity index (χ2v) is 17.2. The van der Waals surface area contributed by atoms with E-state index in [1.54, 1.807) is 0 Å². The van der Waals surface area contributed by atoms with E-state index in [-0.39, 0.29) is 6.42 Å². The molecule has 0 aromatic rings. The molecule has 1 aliphatic rings. The molecule has 59 heavy (non-hydrogen) atoms. The van der Waals surface area contributed by atoms with Crippen molar-refractivity contribution in [2.24, 2.45) is 0 Å². The number of unbranched alkanes of at least 4 members (excludes halogenated alkanes) is 24. The standard InChI is InChI=1S/C48H91NO10/c1-3-5-7-9-11-13-15-17-18-19-20-21-22-23-24-26-28-30-32-34-36-41(52)47(57)49-39(38-58-48-46(56)45(55)44(54)42(37-50)59-48)43(53)40(51)35-33-31-29-27-25-16-14-12-10-8-6-4-2/h5,7,11,13,39-46,48,50-56H,3-4,6,8-10,12,14-38H2,1-2H3,(H,49,57)/b7-5-,13-11-. The van der Waals surface area contributed by atoms with Gasteiger partial charge >= 0.3 is 0 Å². The second-order valence-electron chi connectivity index (χ2n) is 17.2. The van der Waals surface area contributed by atoms with Crippen LogP contribution in [0.2, 0.25) is 0 Å². The van der Waals surface area contributed by atoms with E-state index in [9.17, 15) is 40.5 Å². The summed E-state index contributed by atoms with van der Waals surface area (Å²) in [6, 6.07) is -1.16. The number of amides is 1. The Bertz CT molecular complexity index is 1010. The summed E-state index contributed by atoms with van der Waals surface area (Å²) in [7, 11) is 0. The van der Waals surface area contributed by atoms with E-state index in [0.717, 1.165) is 51.4 Å². The highest BCUT2D eigenvalue weighted by Crippen LogP contribution is 2.23. The van der Waals surface area contributed by atoms with Crippen molar-refractivity contribution in [3.05, 3.63) is 24.3 Å². The number of allylic oxidation sites excluding steroid dienone is 4. The van der Waals surface area contributed by atoms with Crippen LogP contribution in [0, 0.1) is 0 Å². The third-order valence-corrected chi connectivity index (χ3v) is 11.8. The number of rotatable bonds is 40. The third kappa shape index (κ3) is 28.0. The summed E-state index contributed by atoms with van der Waals surface area (Å²) in [6.07, 6.45) is 30.8. The van der Waals surface area contributed by atoms with Gasteiger partial charge in [-0.3, -0.25) is 4.79 Å². The van der Waals surface area contributed by atoms with Crippen LogP contribution in [0.5, 0.6) is 0 Å². The number of carbonyl (C=O) groups is 1. The first kappa shape index (κ1) is 55.6. The Balaban J connectivity index is 2.38. The molecule has 0 radical (unpaired) electrons. The molecule has 11 heteroatoms. The van der Waals surface area contributed by atoms with Crippen LogP contribution in [0.15, 0.2) is 24.3 Å². The highest BCUT2D eigenvalue weighted by Gasteiger charge is 2.44. The smallest absolute Gasteiger partial charge is 0.249 e. The van der Waals surface area contributed by atoms with Crippen molar-refractivity contribution in [1.29, 1.82) is 0 Å². The Labute approximate surface area is 359 Å². The molecule has 1 saturated heterocycles. The molecule has 1 heterocycles. The molecular weight excluding hydrogens is 751 g/mol. The summed E-state index contributed by atoms with van der Waals surface area (Å²) in [5.41, 5.74) is 0. The number of hydrogen-bond donors (Lipinski definition) is 8. The molecular formula is C48H91NO10. The maximum Gasteiger partial charge on any atom is 0.249 e. The summed E-state index contributed by atoms with van der Waals surface area (Å²) < 4.78 is 11.1. The first-order valence-electron chi connectivity index (χ1n) is 24.2. The van der Waals surface area contributed by atoms with Gasteiger partial charge in [0.05, 0.1) is 25.4 Å². The Morgan fingerprint density at radius 2 is 1.08 bits per heavy atom. The number of ether oxygens (including phenoxy) is 2. The van der Waals surface area contributed by atoms with Crippen molar-refractivity contribution in [2.75, 3.05) is 13.2 Å². The molecule has 0 bridgehead atoms. The number of aliphatic hydroxyl groups excluding tert-OH is 7. The topological polar surface area (TPSA) is 189 Å². The maximum atomic E-state index is 13.1. The van der Waals surface area contributed by atoms with Crippen molar-refractivity contribution < 1.29 is 50.0 Å². The molecule has 1 fully saturated rings. The van der Waals surface area contributed by atoms with Crippen LogP contribution in [-0.4, -0.2) is 110 Å². The van der Waals surface area contributed by atoms with E-state index >= 15 is 0 Å². The quantitative estimate of drug-likeness (QED) is 0.0221. The van der Waals surface area contributed by atoms with Gasteiger partial charge in [0.1, 0.15) is 36.6 Å². The molecule has 0 spiro atoms. The zero-order chi connectivity index (χ0) is 43.4. The molecule has 1 rings (SSSR count). The van der Waals surface area contributed by atoms with Crippen molar-refractivity contribution in [3.63, 3.8) is 0 Å². The lowest BCUT2D eigenvalue weighted by Crippen LogP contribution is -2.60. The van der Waals surface area contributed by atoms with Crippen LogP contribution in [-0.2, 0) is 14.3 Å². The van der Waals surface area contributed by atoms with Crippen LogP contribution < -0.4 is 5.32 Å². The Hall–Kier alpha value is -1.41. The summed E-state index contributed by atoms with van der Waals surface area (Å²) >= 11 is 0. The van der Waals surface area contributed by atoms with Crippen molar-refractivity contribution in [3.8, 4) is 0 Å². The van der Waals surface area contributed by atoms with Crippen molar-refractivity contribution in [2.45, 2.75) is 262 Å². The highest BCUT2D eigenvalue weighted by atomic mass is 16.7. The van der Waals surface area contributed by atoms with Crippen molar-refractivity contribution >= 4 is 5.91 Å². The summed E-state index contributed by atoms with van der Waals surface area (Å²) in [6.45, 7) is 3.33. The fraction of sp³-hybridized carbons (Fsp3) is 0.896. The molecule has 8 N–H and O–H groups in total. The van der Waals surface area contributed by atoms with E-state index in [2.05, 4.69) is 43.5 Å². The summed E-state index contributed by atoms with van der Waals surface area (Å²) in [5.74, 6) is -0.698. The number of carbonyl (C=O) groups excluding carboxylic acids is 1. The predicted octanol–water partition coefficient (Wildman–Crippen LogP) is 8.23. The Kier molecular flexibility index (Phi) is 36.1. The van der Waals surface area contributed by atoms with E-state index < -0.39 is 74.2 Å². The Morgan fingerprint density at radius 3 is 1.59 bits per heavy atom. The summed E-state index contributed by atoms with van der Waals surface area (Å²) in [5, 5.41) is 75.7. The van der Waals surface area contributed by atoms with Gasteiger partial charge in [0.15, 0.2) is 6.29 Å². The molecule has 9 atom stereocenters. The average molecular weight is 842 g/mol. The molecule has 1 aliphatic heterocycles. The van der Waals surface area contributed by atoms with Gasteiger partial charge in [-0.2, -0.15) is 0 Å². The van der Waals surface area contributed by atoms with Crippen LogP contribution in [0.4, 0.5) is 0 Å². The van der Waals surface area contributed by atoms with Gasteiger partial charge in [-0.15, -0.1) is 0 Å². The van der Waals surface area contributed by atoms with Gasteiger partial charge in [-0.1, -0.05) is 192 Å². The fourth-order valence-corrected chi connectivity index (χ4v) is 7.77. The number of nitrogens with one attached hydrogen (secondary N) is 1. The SMILES string of the molecule is CC/C=C\C/C=C\CCCCCCCCCCCCCCCC(O)C(=O)NC(COC1OC(CO)C(O)C(O)C1O)C(O)C(O)CCCCCCCCCCCCCC. The third-order valence-electron chi connectivity index (χ3n) is 11.8. The lowest BCUT2D eigenvalue weighted by molar-refractivity contribution is -0.303. The summed E-state index contributed by atoms with van der Waals surface area (Å²) in [4.78, 5) is 13.1. The zero-order valence-electron chi connectivity index (χ0n) is 37.5. The molecule has 0 aromatic heterocycles. The average Bonchev–Trinajstić information content (AvgIpc) is 3.23. The lowest BCUT2D eigenvalue weighted by atomic mass is 9.98. The van der Waals surface area contributed by atoms with Crippen molar-refractivity contribution in [1.82, 2.24) is 5.32 Å². The van der Waals surface area contributed by atoms with Crippen LogP contribution in [0.3, 0.4) is 0 Å². The largest absolute Gasteiger partial charge is 0.394 e. The van der Waals surface area contributed by atoms with Gasteiger partial charge in [-0.05, 0) is 38.5 Å². The molecule has 348 valence electrons. The van der Waals surface area contributed by atoms with Crippen LogP contribution >= 0.6 is 0 Å². The van der Waals surface area contributed by atoms with Gasteiger partial charge in [0.25, 0.3) is 0 Å². The van der Waals surface area contributed by atoms with E-state index in [1.165, 1.54) is 116 Å². The molecule has 9 unspecified atom stereocenters. The number of hydrogen-bond acceptors (Lipinski definition) is 10. The molecule has 0 saturated carbocycles. The molecule has 11 nitrogen and oxygen atoms in total. The van der Waals surface area contributed by atoms with Gasteiger partial charge in [-0.25, -0.2) is 0 Å². The monoisotopic (exact) mass is 842 g/mol. The van der Waals surface area contributed by atoms with E-state index in [1.807, 2.05) is 0 Å². The minimum atomic E-state index is -1.66. The van der Waals surface area contributed by atoms with Gasteiger partial charge in [0.2, 0.25) is 5.91 Å². The van der Waals surface area contributed by atoms with Crippen LogP contribution in [0.1, 0.15) is 206 Å². The number of aliphatic hydroxyl groups is 7. The van der Waals surface area contributed by atoms with Gasteiger partial charge < -0.3 is 50.5 Å². The highest BCUT2D eigenvalue weighted by molar-refractivity contribution is 5.80. The van der Waals surface area contributed by atoms with Gasteiger partial charge in [0, 0.05) is 0 Å². The predicted molar refractivity (Wildman–Crippen MR) is 238 cm³/mol. The normalized spacial score (nSPS) is 21.9. The molecule has 0 aromatic carbocycles. The molecule has 0 aliphatic carbocycles. The Morgan fingerprint density at radius 1 is 0.610 bits per heavy atom. The van der Waals surface area contributed by atoms with E-state index in [4.69, 9.17) is 9.47 Å². The van der Waals surface area contributed by atoms with E-state index in [0.29, 0.717) is 19.3 Å². The molecule has 1 amide bonds. The first-order chi connectivity index (χ1) is 28.7. The lowest BCUT2D eigenvalue weighted by Gasteiger charge is -2.40. The minimum Gasteiger partial charge on any atom is -0.394 e. The fourth-order valence-electron chi connectivity index (χ4n) is 7.77. The zero-order valence-corrected chi connectivity index (χ0v) is 37.5. The minimum absolute atomic E-state index is 0.260.